The van der Waals surface area contributed by atoms with Crippen LogP contribution in [0.1, 0.15) is 20.8 Å². The maximum absolute atomic E-state index is 2.67. The van der Waals surface area contributed by atoms with E-state index in [1.165, 1.54) is 19.1 Å². The minimum Gasteiger partial charge on any atom is -0.321 e. The Hall–Kier alpha value is -0.603. The van der Waals surface area contributed by atoms with Gasteiger partial charge < -0.3 is 4.57 Å². The van der Waals surface area contributed by atoms with Crippen LogP contribution in [-0.2, 0) is 0 Å². The van der Waals surface area contributed by atoms with E-state index in [0.29, 0.717) is 0 Å². The molecule has 0 saturated carbocycles. The Balaban J connectivity index is 3.04. The normalized spacial score (nSPS) is 15.3. The summed E-state index contributed by atoms with van der Waals surface area (Å²) < 4.78 is 2.67. The van der Waals surface area contributed by atoms with Crippen LogP contribution >= 0.6 is 0 Å². The number of hydrogen-bond donors (Lipinski definition) is 0. The summed E-state index contributed by atoms with van der Waals surface area (Å²) in [5.41, 5.74) is 0. The molecule has 1 rings (SSSR count). The van der Waals surface area contributed by atoms with Crippen LogP contribution in [0.15, 0.2) is 30.3 Å². The van der Waals surface area contributed by atoms with Crippen molar-refractivity contribution in [2.75, 3.05) is 13.1 Å². The standard InChI is InChI=1S/C13H23NSi/c1-5-14(6-2)15(4,7-3)13-11-9-8-10-12-13/h8-12H,5-7H2,1-4H3. The molecule has 15 heavy (non-hydrogen) atoms. The molecule has 0 spiro atoms. The molecular formula is C13H23NSi. The molecule has 2 heteroatoms. The summed E-state index contributed by atoms with van der Waals surface area (Å²) in [6, 6.07) is 12.3. The molecule has 0 N–H and O–H groups in total. The molecule has 1 unspecified atom stereocenters. The first-order valence-corrected chi connectivity index (χ1v) is 8.65. The van der Waals surface area contributed by atoms with E-state index in [2.05, 4.69) is 62.2 Å². The zero-order chi connectivity index (χ0) is 11.3. The molecule has 0 aliphatic carbocycles. The van der Waals surface area contributed by atoms with Gasteiger partial charge in [0.2, 0.25) is 0 Å². The first kappa shape index (κ1) is 12.5. The van der Waals surface area contributed by atoms with E-state index < -0.39 is 8.24 Å². The zero-order valence-corrected chi connectivity index (χ0v) is 11.5. The van der Waals surface area contributed by atoms with Gasteiger partial charge in [0.05, 0.1) is 0 Å². The summed E-state index contributed by atoms with van der Waals surface area (Å²) in [4.78, 5) is 0. The second-order valence-electron chi connectivity index (χ2n) is 4.17. The van der Waals surface area contributed by atoms with E-state index in [4.69, 9.17) is 0 Å². The third-order valence-corrected chi connectivity index (χ3v) is 8.53. The fraction of sp³-hybridized carbons (Fsp3) is 0.538. The number of nitrogens with zero attached hydrogens (tertiary/aromatic N) is 1. The van der Waals surface area contributed by atoms with Crippen molar-refractivity contribution < 1.29 is 0 Å². The maximum atomic E-state index is 2.67. The minimum absolute atomic E-state index is 1.17. The topological polar surface area (TPSA) is 3.24 Å². The van der Waals surface area contributed by atoms with E-state index in [1.807, 2.05) is 0 Å². The van der Waals surface area contributed by atoms with Crippen molar-refractivity contribution in [3.05, 3.63) is 30.3 Å². The lowest BCUT2D eigenvalue weighted by Gasteiger charge is -2.38. The van der Waals surface area contributed by atoms with Crippen LogP contribution in [0.4, 0.5) is 0 Å². The summed E-state index contributed by atoms with van der Waals surface area (Å²) in [5, 5.41) is 1.57. The lowest BCUT2D eigenvalue weighted by atomic mass is 10.4. The second-order valence-corrected chi connectivity index (χ2v) is 8.63. The Morgan fingerprint density at radius 3 is 1.93 bits per heavy atom. The van der Waals surface area contributed by atoms with E-state index >= 15 is 0 Å². The number of hydrogen-bond acceptors (Lipinski definition) is 1. The van der Waals surface area contributed by atoms with Gasteiger partial charge in [-0.3, -0.25) is 0 Å². The molecule has 0 amide bonds. The van der Waals surface area contributed by atoms with Crippen molar-refractivity contribution in [1.29, 1.82) is 0 Å². The summed E-state index contributed by atoms with van der Waals surface area (Å²) in [5.74, 6) is 0. The van der Waals surface area contributed by atoms with Gasteiger partial charge in [-0.25, -0.2) is 0 Å². The molecular weight excluding hydrogens is 198 g/mol. The third-order valence-electron chi connectivity index (χ3n) is 3.55. The van der Waals surface area contributed by atoms with Gasteiger partial charge >= 0.3 is 0 Å². The predicted octanol–water partition coefficient (Wildman–Crippen LogP) is 2.83. The van der Waals surface area contributed by atoms with Gasteiger partial charge in [-0.1, -0.05) is 57.7 Å². The molecule has 0 bridgehead atoms. The molecule has 84 valence electrons. The number of benzene rings is 1. The van der Waals surface area contributed by atoms with Gasteiger partial charge in [-0.15, -0.1) is 0 Å². The zero-order valence-electron chi connectivity index (χ0n) is 10.5. The van der Waals surface area contributed by atoms with Crippen molar-refractivity contribution in [2.24, 2.45) is 0 Å². The lowest BCUT2D eigenvalue weighted by molar-refractivity contribution is 0.470. The molecule has 1 aromatic carbocycles. The van der Waals surface area contributed by atoms with E-state index in [0.717, 1.165) is 0 Å². The SMILES string of the molecule is CCN(CC)[Si](C)(CC)c1ccccc1. The second kappa shape index (κ2) is 5.47. The molecule has 1 aromatic rings. The highest BCUT2D eigenvalue weighted by Crippen LogP contribution is 2.15. The highest BCUT2D eigenvalue weighted by atomic mass is 28.3. The van der Waals surface area contributed by atoms with Gasteiger partial charge in [-0.05, 0) is 24.3 Å². The molecule has 0 aliphatic rings. The average Bonchev–Trinajstić information content (AvgIpc) is 2.31. The first-order valence-electron chi connectivity index (χ1n) is 5.99. The lowest BCUT2D eigenvalue weighted by Crippen LogP contribution is -2.59. The van der Waals surface area contributed by atoms with Crippen LogP contribution in [0.25, 0.3) is 0 Å². The molecule has 1 nitrogen and oxygen atoms in total. The Bertz CT molecular complexity index is 282. The molecule has 1 atom stereocenters. The van der Waals surface area contributed by atoms with Gasteiger partial charge in [0.25, 0.3) is 0 Å². The highest BCUT2D eigenvalue weighted by molar-refractivity contribution is 6.88. The van der Waals surface area contributed by atoms with Crippen molar-refractivity contribution in [2.45, 2.75) is 33.4 Å². The van der Waals surface area contributed by atoms with Crippen molar-refractivity contribution >= 4 is 13.4 Å². The van der Waals surface area contributed by atoms with Crippen molar-refractivity contribution in [3.8, 4) is 0 Å². The quantitative estimate of drug-likeness (QED) is 0.691. The Labute approximate surface area is 95.2 Å². The number of rotatable bonds is 5. The monoisotopic (exact) mass is 221 g/mol. The Morgan fingerprint density at radius 2 is 1.53 bits per heavy atom. The molecule has 0 radical (unpaired) electrons. The van der Waals surface area contributed by atoms with Gasteiger partial charge in [0.15, 0.2) is 8.24 Å². The van der Waals surface area contributed by atoms with E-state index in [-0.39, 0.29) is 0 Å². The molecule has 0 saturated heterocycles. The summed E-state index contributed by atoms with van der Waals surface area (Å²) in [6.45, 7) is 11.7. The van der Waals surface area contributed by atoms with Gasteiger partial charge in [-0.2, -0.15) is 0 Å². The van der Waals surface area contributed by atoms with Gasteiger partial charge in [0, 0.05) is 0 Å². The van der Waals surface area contributed by atoms with Crippen LogP contribution in [0.2, 0.25) is 12.6 Å². The van der Waals surface area contributed by atoms with Crippen LogP contribution < -0.4 is 5.19 Å². The highest BCUT2D eigenvalue weighted by Gasteiger charge is 2.32. The summed E-state index contributed by atoms with van der Waals surface area (Å²) in [7, 11) is -1.40. The van der Waals surface area contributed by atoms with Crippen LogP contribution in [0.5, 0.6) is 0 Å². The van der Waals surface area contributed by atoms with Crippen LogP contribution in [0.3, 0.4) is 0 Å². The molecule has 0 fully saturated rings. The Morgan fingerprint density at radius 1 is 1.00 bits per heavy atom. The van der Waals surface area contributed by atoms with Gasteiger partial charge in [0.1, 0.15) is 0 Å². The van der Waals surface area contributed by atoms with Crippen LogP contribution in [0, 0.1) is 0 Å². The predicted molar refractivity (Wildman–Crippen MR) is 71.1 cm³/mol. The van der Waals surface area contributed by atoms with Crippen molar-refractivity contribution in [3.63, 3.8) is 0 Å². The summed E-state index contributed by atoms with van der Waals surface area (Å²) in [6.07, 6.45) is 0. The smallest absolute Gasteiger partial charge is 0.156 e. The largest absolute Gasteiger partial charge is 0.321 e. The van der Waals surface area contributed by atoms with Crippen LogP contribution in [-0.4, -0.2) is 25.9 Å². The third kappa shape index (κ3) is 2.50. The maximum Gasteiger partial charge on any atom is 0.156 e. The molecule has 0 aliphatic heterocycles. The first-order chi connectivity index (χ1) is 7.19. The molecule has 0 heterocycles. The summed E-state index contributed by atoms with van der Waals surface area (Å²) >= 11 is 0. The molecule has 0 aromatic heterocycles. The fourth-order valence-corrected chi connectivity index (χ4v) is 5.86. The Kier molecular flexibility index (Phi) is 4.55. The van der Waals surface area contributed by atoms with E-state index in [1.54, 1.807) is 5.19 Å². The minimum atomic E-state index is -1.40. The van der Waals surface area contributed by atoms with Crippen molar-refractivity contribution in [1.82, 2.24) is 4.57 Å². The fourth-order valence-electron chi connectivity index (χ4n) is 2.33. The van der Waals surface area contributed by atoms with E-state index in [9.17, 15) is 0 Å². The average molecular weight is 221 g/mol.